The van der Waals surface area contributed by atoms with Gasteiger partial charge in [0, 0.05) is 16.3 Å². The monoisotopic (exact) mass is 555 g/mol. The topological polar surface area (TPSA) is 104 Å². The fourth-order valence-corrected chi connectivity index (χ4v) is 5.93. The van der Waals surface area contributed by atoms with Gasteiger partial charge >= 0.3 is 5.97 Å². The van der Waals surface area contributed by atoms with E-state index in [0.29, 0.717) is 56.9 Å². The summed E-state index contributed by atoms with van der Waals surface area (Å²) in [7, 11) is 0. The van der Waals surface area contributed by atoms with Crippen LogP contribution in [0, 0.1) is 0 Å². The van der Waals surface area contributed by atoms with E-state index in [4.69, 9.17) is 37.1 Å². The molecule has 1 aromatic carbocycles. The molecule has 0 atom stereocenters. The summed E-state index contributed by atoms with van der Waals surface area (Å²) in [5, 5.41) is 12.7. The molecule has 4 rings (SSSR count). The highest BCUT2D eigenvalue weighted by atomic mass is 35.5. The number of thioether (sulfide) groups is 1. The Labute approximate surface area is 220 Å². The van der Waals surface area contributed by atoms with Crippen molar-refractivity contribution in [2.75, 3.05) is 24.3 Å². The van der Waals surface area contributed by atoms with E-state index in [-0.39, 0.29) is 18.3 Å². The van der Waals surface area contributed by atoms with Crippen molar-refractivity contribution in [1.29, 1.82) is 0 Å². The van der Waals surface area contributed by atoms with Crippen LogP contribution in [-0.4, -0.2) is 41.0 Å². The van der Waals surface area contributed by atoms with Crippen LogP contribution in [0.25, 0.3) is 0 Å². The summed E-state index contributed by atoms with van der Waals surface area (Å²) in [6, 6.07) is 5.05. The number of hydrogen-bond acceptors (Lipinski definition) is 9. The van der Waals surface area contributed by atoms with E-state index in [1.54, 1.807) is 25.1 Å². The number of fused-ring (bicyclic) bond motifs is 1. The molecule has 0 radical (unpaired) electrons. The Bertz CT molecular complexity index is 1210. The number of aromatic nitrogens is 2. The third-order valence-corrected chi connectivity index (χ3v) is 7.67. The van der Waals surface area contributed by atoms with E-state index in [2.05, 4.69) is 15.5 Å². The zero-order valence-corrected chi connectivity index (χ0v) is 22.0. The number of anilines is 1. The van der Waals surface area contributed by atoms with Gasteiger partial charge in [-0.3, -0.25) is 4.79 Å². The first kappa shape index (κ1) is 25.8. The normalized spacial score (nSPS) is 12.4. The largest absolute Gasteiger partial charge is 0.492 e. The molecule has 0 unspecified atom stereocenters. The Morgan fingerprint density at radius 2 is 2.11 bits per heavy atom. The summed E-state index contributed by atoms with van der Waals surface area (Å²) in [4.78, 5) is 26.1. The van der Waals surface area contributed by atoms with Crippen molar-refractivity contribution in [3.8, 4) is 5.75 Å². The van der Waals surface area contributed by atoms with Crippen LogP contribution in [0.5, 0.6) is 5.75 Å². The van der Waals surface area contributed by atoms with Crippen molar-refractivity contribution in [1.82, 2.24) is 10.2 Å². The molecule has 0 spiro atoms. The van der Waals surface area contributed by atoms with Gasteiger partial charge in [0.2, 0.25) is 11.8 Å². The van der Waals surface area contributed by atoms with Gasteiger partial charge in [0.15, 0.2) is 0 Å². The molecule has 0 bridgehead atoms. The number of amides is 1. The highest BCUT2D eigenvalue weighted by Gasteiger charge is 2.28. The quantitative estimate of drug-likeness (QED) is 0.178. The maximum atomic E-state index is 12.5. The Hall–Kier alpha value is -2.27. The van der Waals surface area contributed by atoms with Crippen LogP contribution in [0.1, 0.15) is 46.5 Å². The summed E-state index contributed by atoms with van der Waals surface area (Å²) in [6.07, 6.45) is 3.92. The standard InChI is InChI=1S/C23H23Cl2N3O5S2/c1-2-31-22(30)20-14-5-3-6-17(14)35-21(20)26-18(29)12-34-23-28-27-19(33-23)7-4-10-32-16-9-8-13(24)11-15(16)25/h8-9,11H,2-7,10,12H2,1H3,(H,26,29). The molecule has 1 aliphatic rings. The molecule has 1 amide bonds. The summed E-state index contributed by atoms with van der Waals surface area (Å²) in [5.41, 5.74) is 1.49. The highest BCUT2D eigenvalue weighted by Crippen LogP contribution is 2.39. The lowest BCUT2D eigenvalue weighted by molar-refractivity contribution is -0.113. The minimum atomic E-state index is -0.390. The number of aryl methyl sites for hydroxylation is 2. The number of carbonyl (C=O) groups excluding carboxylic acids is 2. The molecule has 0 aliphatic heterocycles. The molecule has 1 aliphatic carbocycles. The van der Waals surface area contributed by atoms with Crippen LogP contribution < -0.4 is 10.1 Å². The summed E-state index contributed by atoms with van der Waals surface area (Å²) in [5.74, 6) is 0.445. The summed E-state index contributed by atoms with van der Waals surface area (Å²) < 4.78 is 16.5. The third kappa shape index (κ3) is 6.69. The van der Waals surface area contributed by atoms with Crippen LogP contribution in [0.3, 0.4) is 0 Å². The number of ether oxygens (including phenoxy) is 2. The molecule has 35 heavy (non-hydrogen) atoms. The van der Waals surface area contributed by atoms with Gasteiger partial charge in [-0.2, -0.15) is 0 Å². The molecule has 8 nitrogen and oxygen atoms in total. The second-order valence-corrected chi connectivity index (χ2v) is 10.5. The smallest absolute Gasteiger partial charge is 0.341 e. The first-order chi connectivity index (χ1) is 16.9. The zero-order chi connectivity index (χ0) is 24.8. The predicted octanol–water partition coefficient (Wildman–Crippen LogP) is 5.85. The molecule has 0 fully saturated rings. The maximum Gasteiger partial charge on any atom is 0.341 e. The minimum absolute atomic E-state index is 0.0740. The van der Waals surface area contributed by atoms with Crippen molar-refractivity contribution < 1.29 is 23.5 Å². The lowest BCUT2D eigenvalue weighted by atomic mass is 10.1. The highest BCUT2D eigenvalue weighted by molar-refractivity contribution is 7.99. The van der Waals surface area contributed by atoms with Crippen LogP contribution in [0.2, 0.25) is 10.0 Å². The number of thiophene rings is 1. The number of nitrogens with zero attached hydrogens (tertiary/aromatic N) is 2. The van der Waals surface area contributed by atoms with Crippen LogP contribution >= 0.6 is 46.3 Å². The number of esters is 1. The SMILES string of the molecule is CCOC(=O)c1c(NC(=O)CSc2nnc(CCCOc3ccc(Cl)cc3Cl)o2)sc2c1CCC2. The molecule has 0 saturated heterocycles. The lowest BCUT2D eigenvalue weighted by Crippen LogP contribution is -2.16. The van der Waals surface area contributed by atoms with Crippen molar-refractivity contribution >= 4 is 63.2 Å². The van der Waals surface area contributed by atoms with Gasteiger partial charge in [-0.05, 0) is 56.4 Å². The summed E-state index contributed by atoms with van der Waals surface area (Å²) >= 11 is 14.6. The maximum absolute atomic E-state index is 12.5. The number of rotatable bonds is 11. The van der Waals surface area contributed by atoms with Crippen molar-refractivity contribution in [2.24, 2.45) is 0 Å². The third-order valence-electron chi connectivity index (χ3n) is 5.12. The minimum Gasteiger partial charge on any atom is -0.492 e. The van der Waals surface area contributed by atoms with Gasteiger partial charge in [0.25, 0.3) is 5.22 Å². The second kappa shape index (κ2) is 12.1. The van der Waals surface area contributed by atoms with Gasteiger partial charge in [0.05, 0.1) is 29.6 Å². The zero-order valence-electron chi connectivity index (χ0n) is 18.9. The van der Waals surface area contributed by atoms with Gasteiger partial charge in [0.1, 0.15) is 10.8 Å². The van der Waals surface area contributed by atoms with Gasteiger partial charge in [-0.15, -0.1) is 21.5 Å². The molecule has 3 aromatic rings. The average molecular weight is 556 g/mol. The van der Waals surface area contributed by atoms with E-state index in [1.807, 2.05) is 0 Å². The number of benzene rings is 1. The number of halogens is 2. The van der Waals surface area contributed by atoms with Gasteiger partial charge < -0.3 is 19.2 Å². The lowest BCUT2D eigenvalue weighted by Gasteiger charge is -2.07. The van der Waals surface area contributed by atoms with Crippen LogP contribution in [0.15, 0.2) is 27.8 Å². The molecule has 186 valence electrons. The summed E-state index contributed by atoms with van der Waals surface area (Å²) in [6.45, 7) is 2.47. The fourth-order valence-electron chi connectivity index (χ4n) is 3.60. The van der Waals surface area contributed by atoms with E-state index >= 15 is 0 Å². The Morgan fingerprint density at radius 1 is 1.26 bits per heavy atom. The van der Waals surface area contributed by atoms with E-state index in [9.17, 15) is 9.59 Å². The number of hydrogen-bond donors (Lipinski definition) is 1. The molecule has 12 heteroatoms. The molecule has 2 aromatic heterocycles. The van der Waals surface area contributed by atoms with E-state index in [0.717, 1.165) is 41.5 Å². The Balaban J connectivity index is 1.24. The van der Waals surface area contributed by atoms with Gasteiger partial charge in [-0.1, -0.05) is 35.0 Å². The van der Waals surface area contributed by atoms with E-state index < -0.39 is 5.97 Å². The van der Waals surface area contributed by atoms with Crippen LogP contribution in [0.4, 0.5) is 5.00 Å². The molecular weight excluding hydrogens is 533 g/mol. The fraction of sp³-hybridized carbons (Fsp3) is 0.391. The molecule has 2 heterocycles. The number of nitrogens with one attached hydrogen (secondary N) is 1. The van der Waals surface area contributed by atoms with Crippen molar-refractivity contribution in [3.63, 3.8) is 0 Å². The van der Waals surface area contributed by atoms with Crippen LogP contribution in [-0.2, 0) is 28.8 Å². The van der Waals surface area contributed by atoms with Gasteiger partial charge in [-0.25, -0.2) is 4.79 Å². The molecule has 0 saturated carbocycles. The van der Waals surface area contributed by atoms with Crippen molar-refractivity contribution in [2.45, 2.75) is 44.3 Å². The van der Waals surface area contributed by atoms with E-state index in [1.165, 1.54) is 11.3 Å². The number of carbonyl (C=O) groups is 2. The Kier molecular flexibility index (Phi) is 8.94. The Morgan fingerprint density at radius 3 is 2.91 bits per heavy atom. The predicted molar refractivity (Wildman–Crippen MR) is 136 cm³/mol. The van der Waals surface area contributed by atoms with Crippen molar-refractivity contribution in [3.05, 3.63) is 50.1 Å². The first-order valence-corrected chi connectivity index (χ1v) is 13.6. The average Bonchev–Trinajstić information content (AvgIpc) is 3.53. The first-order valence-electron chi connectivity index (χ1n) is 11.1. The molecular formula is C23H23Cl2N3O5S2. The second-order valence-electron chi connectivity index (χ2n) is 7.61. The molecule has 1 N–H and O–H groups in total.